The lowest BCUT2D eigenvalue weighted by molar-refractivity contribution is 1.31. The van der Waals surface area contributed by atoms with E-state index in [-0.39, 0.29) is 0 Å². The number of rotatable bonds is 5. The molecule has 0 aromatic heterocycles. The molecule has 65 valence electrons. The van der Waals surface area contributed by atoms with E-state index in [2.05, 4.69) is 31.2 Å². The van der Waals surface area contributed by atoms with Crippen LogP contribution in [0.15, 0.2) is 48.6 Å². The summed E-state index contributed by atoms with van der Waals surface area (Å²) in [6.07, 6.45) is 18.4. The van der Waals surface area contributed by atoms with Crippen LogP contribution in [0.1, 0.15) is 19.8 Å². The van der Waals surface area contributed by atoms with Gasteiger partial charge in [0.05, 0.1) is 0 Å². The summed E-state index contributed by atoms with van der Waals surface area (Å²) in [6.45, 7) is 5.62. The Hall–Kier alpha value is -1.04. The first kappa shape index (κ1) is 11.0. The van der Waals surface area contributed by atoms with Gasteiger partial charge in [-0.15, -0.1) is 0 Å². The number of allylic oxidation sites excluding steroid dienone is 8. The summed E-state index contributed by atoms with van der Waals surface area (Å²) in [6, 6.07) is 0. The first-order valence-corrected chi connectivity index (χ1v) is 4.29. The van der Waals surface area contributed by atoms with Gasteiger partial charge in [0.15, 0.2) is 0 Å². The molecule has 0 rings (SSSR count). The molecule has 0 bridgehead atoms. The van der Waals surface area contributed by atoms with Crippen molar-refractivity contribution in [2.24, 2.45) is 0 Å². The van der Waals surface area contributed by atoms with Gasteiger partial charge in [0, 0.05) is 0 Å². The van der Waals surface area contributed by atoms with Crippen molar-refractivity contribution in [2.45, 2.75) is 19.8 Å². The fraction of sp³-hybridized carbons (Fsp3) is 0.250. The molecule has 12 heavy (non-hydrogen) atoms. The maximum absolute atomic E-state index is 3.61. The van der Waals surface area contributed by atoms with Gasteiger partial charge < -0.3 is 0 Å². The minimum atomic E-state index is 0.987. The molecule has 0 saturated heterocycles. The van der Waals surface area contributed by atoms with Gasteiger partial charge in [0.25, 0.3) is 0 Å². The molecule has 0 aromatic rings. The molecule has 0 saturated carbocycles. The molecule has 0 aromatic carbocycles. The van der Waals surface area contributed by atoms with Crippen LogP contribution in [0, 0.1) is 6.92 Å². The molecule has 1 radical (unpaired) electrons. The van der Waals surface area contributed by atoms with Crippen LogP contribution in [0.3, 0.4) is 0 Å². The van der Waals surface area contributed by atoms with E-state index in [1.54, 1.807) is 0 Å². The van der Waals surface area contributed by atoms with E-state index >= 15 is 0 Å². The molecule has 0 heteroatoms. The van der Waals surface area contributed by atoms with Crippen molar-refractivity contribution in [2.75, 3.05) is 0 Å². The summed E-state index contributed by atoms with van der Waals surface area (Å²) in [5, 5.41) is 0. The molecule has 0 aliphatic rings. The fourth-order valence-electron chi connectivity index (χ4n) is 0.714. The smallest absolute Gasteiger partial charge is 0.0166 e. The van der Waals surface area contributed by atoms with Crippen LogP contribution < -0.4 is 0 Å². The third kappa shape index (κ3) is 8.96. The third-order valence-electron chi connectivity index (χ3n) is 1.32. The van der Waals surface area contributed by atoms with Gasteiger partial charge in [-0.3, -0.25) is 0 Å². The van der Waals surface area contributed by atoms with Gasteiger partial charge in [-0.1, -0.05) is 48.6 Å². The van der Waals surface area contributed by atoms with Crippen molar-refractivity contribution in [3.05, 3.63) is 55.5 Å². The highest BCUT2D eigenvalue weighted by molar-refractivity contribution is 5.04. The van der Waals surface area contributed by atoms with E-state index in [0.29, 0.717) is 0 Å². The Labute approximate surface area is 76.0 Å². The predicted molar refractivity (Wildman–Crippen MR) is 56.8 cm³/mol. The van der Waals surface area contributed by atoms with Gasteiger partial charge in [-0.25, -0.2) is 0 Å². The standard InChI is InChI=1S/C12H17/c1-3-5-7-9-11-12-10-8-6-4-2/h3-6,8-11H,1,7,12H2,2H3. The molecule has 0 fully saturated rings. The topological polar surface area (TPSA) is 0 Å². The minimum Gasteiger partial charge on any atom is -0.0879 e. The van der Waals surface area contributed by atoms with Gasteiger partial charge in [0.2, 0.25) is 0 Å². The van der Waals surface area contributed by atoms with Crippen LogP contribution in [0.4, 0.5) is 0 Å². The Balaban J connectivity index is 3.35. The summed E-state index contributed by atoms with van der Waals surface area (Å²) in [7, 11) is 0. The first-order valence-electron chi connectivity index (χ1n) is 4.29. The quantitative estimate of drug-likeness (QED) is 0.424. The maximum Gasteiger partial charge on any atom is -0.0166 e. The zero-order valence-corrected chi connectivity index (χ0v) is 7.74. The van der Waals surface area contributed by atoms with Crippen LogP contribution in [-0.2, 0) is 0 Å². The number of hydrogen-bond donors (Lipinski definition) is 0. The van der Waals surface area contributed by atoms with Crippen LogP contribution in [0.25, 0.3) is 0 Å². The van der Waals surface area contributed by atoms with E-state index in [1.807, 2.05) is 31.2 Å². The van der Waals surface area contributed by atoms with Crippen LogP contribution in [0.5, 0.6) is 0 Å². The van der Waals surface area contributed by atoms with E-state index in [4.69, 9.17) is 0 Å². The number of hydrogen-bond acceptors (Lipinski definition) is 0. The molecule has 0 unspecified atom stereocenters. The second-order valence-electron chi connectivity index (χ2n) is 2.37. The molecule has 0 nitrogen and oxygen atoms in total. The molecule has 0 amide bonds. The lowest BCUT2D eigenvalue weighted by atomic mass is 10.3. The average molecular weight is 161 g/mol. The second-order valence-corrected chi connectivity index (χ2v) is 2.37. The van der Waals surface area contributed by atoms with Crippen LogP contribution >= 0.6 is 0 Å². The van der Waals surface area contributed by atoms with Crippen molar-refractivity contribution in [1.29, 1.82) is 0 Å². The Bertz CT molecular complexity index is 180. The van der Waals surface area contributed by atoms with E-state index in [0.717, 1.165) is 12.8 Å². The van der Waals surface area contributed by atoms with Crippen molar-refractivity contribution < 1.29 is 0 Å². The Morgan fingerprint density at radius 3 is 2.17 bits per heavy atom. The Kier molecular flexibility index (Phi) is 9.10. The highest BCUT2D eigenvalue weighted by Gasteiger charge is 1.69. The van der Waals surface area contributed by atoms with Crippen LogP contribution in [-0.4, -0.2) is 0 Å². The van der Waals surface area contributed by atoms with Crippen LogP contribution in [0.2, 0.25) is 0 Å². The van der Waals surface area contributed by atoms with Gasteiger partial charge in [-0.2, -0.15) is 0 Å². The molecular weight excluding hydrogens is 144 g/mol. The SMILES string of the molecule is [CH2]C=CCC=CCC=CC=CC. The Morgan fingerprint density at radius 2 is 1.58 bits per heavy atom. The third-order valence-corrected chi connectivity index (χ3v) is 1.32. The van der Waals surface area contributed by atoms with Crippen molar-refractivity contribution in [1.82, 2.24) is 0 Å². The summed E-state index contributed by atoms with van der Waals surface area (Å²) in [5.74, 6) is 0. The van der Waals surface area contributed by atoms with E-state index in [1.165, 1.54) is 0 Å². The molecule has 0 aliphatic heterocycles. The first-order chi connectivity index (χ1) is 5.91. The highest BCUT2D eigenvalue weighted by atomic mass is 13.8. The molecule has 0 heterocycles. The molecule has 0 N–H and O–H groups in total. The zero-order chi connectivity index (χ0) is 9.07. The van der Waals surface area contributed by atoms with E-state index < -0.39 is 0 Å². The molecule has 0 aliphatic carbocycles. The molecule has 0 atom stereocenters. The molecule has 0 spiro atoms. The van der Waals surface area contributed by atoms with Gasteiger partial charge >= 0.3 is 0 Å². The maximum atomic E-state index is 3.61. The summed E-state index contributed by atoms with van der Waals surface area (Å²) < 4.78 is 0. The summed E-state index contributed by atoms with van der Waals surface area (Å²) in [5.41, 5.74) is 0. The normalized spacial score (nSPS) is 13.2. The summed E-state index contributed by atoms with van der Waals surface area (Å²) in [4.78, 5) is 0. The zero-order valence-electron chi connectivity index (χ0n) is 7.74. The fourth-order valence-corrected chi connectivity index (χ4v) is 0.714. The van der Waals surface area contributed by atoms with Gasteiger partial charge in [0.1, 0.15) is 0 Å². The lowest BCUT2D eigenvalue weighted by Crippen LogP contribution is -1.59. The largest absolute Gasteiger partial charge is 0.0879 e. The monoisotopic (exact) mass is 161 g/mol. The lowest BCUT2D eigenvalue weighted by Gasteiger charge is -1.80. The van der Waals surface area contributed by atoms with Crippen molar-refractivity contribution >= 4 is 0 Å². The minimum absolute atomic E-state index is 0.987. The average Bonchev–Trinajstić information content (AvgIpc) is 2.10. The van der Waals surface area contributed by atoms with Crippen molar-refractivity contribution in [3.63, 3.8) is 0 Å². The van der Waals surface area contributed by atoms with E-state index in [9.17, 15) is 0 Å². The Morgan fingerprint density at radius 1 is 0.917 bits per heavy atom. The van der Waals surface area contributed by atoms with Gasteiger partial charge in [-0.05, 0) is 26.7 Å². The summed E-state index contributed by atoms with van der Waals surface area (Å²) >= 11 is 0. The predicted octanol–water partition coefficient (Wildman–Crippen LogP) is 3.85. The second kappa shape index (κ2) is 9.96. The van der Waals surface area contributed by atoms with Crippen molar-refractivity contribution in [3.8, 4) is 0 Å². The molecular formula is C12H17. The highest BCUT2D eigenvalue weighted by Crippen LogP contribution is 1.90.